The lowest BCUT2D eigenvalue weighted by atomic mass is 9.99. The van der Waals surface area contributed by atoms with E-state index in [9.17, 15) is 39.9 Å². The Morgan fingerprint density at radius 3 is 2.22 bits per heavy atom. The highest BCUT2D eigenvalue weighted by molar-refractivity contribution is 6.31. The predicted octanol–water partition coefficient (Wildman–Crippen LogP) is 6.24. The molecule has 2 aromatic carbocycles. The van der Waals surface area contributed by atoms with Crippen molar-refractivity contribution in [1.29, 1.82) is 0 Å². The molecule has 1 amide bonds. The number of nitrogens with one attached hydrogen (secondary N) is 1. The van der Waals surface area contributed by atoms with Gasteiger partial charge in [-0.3, -0.25) is 9.48 Å². The third kappa shape index (κ3) is 5.46. The van der Waals surface area contributed by atoms with Crippen molar-refractivity contribution >= 4 is 23.2 Å². The number of hydrogen-bond acceptors (Lipinski definition) is 3. The molecule has 3 aromatic rings. The zero-order valence-corrected chi connectivity index (χ0v) is 18.9. The minimum atomic E-state index is -6.38. The first-order chi connectivity index (χ1) is 16.5. The van der Waals surface area contributed by atoms with E-state index in [0.717, 1.165) is 5.56 Å². The van der Waals surface area contributed by atoms with Crippen molar-refractivity contribution in [2.45, 2.75) is 30.7 Å². The first kappa shape index (κ1) is 27.4. The highest BCUT2D eigenvalue weighted by atomic mass is 35.5. The number of hydrogen-bond donors (Lipinski definition) is 2. The molecule has 0 radical (unpaired) electrons. The van der Waals surface area contributed by atoms with Gasteiger partial charge in [-0.15, -0.1) is 0 Å². The van der Waals surface area contributed by atoms with Crippen LogP contribution in [-0.4, -0.2) is 21.9 Å². The lowest BCUT2D eigenvalue weighted by Crippen LogP contribution is -2.36. The fourth-order valence-electron chi connectivity index (χ4n) is 3.48. The van der Waals surface area contributed by atoms with Crippen molar-refractivity contribution in [2.75, 3.05) is 5.32 Å². The molecule has 1 aromatic heterocycles. The van der Waals surface area contributed by atoms with Crippen molar-refractivity contribution in [2.24, 2.45) is 12.8 Å². The Balaban J connectivity index is 1.98. The maximum Gasteiger partial charge on any atom is 0.459 e. The van der Waals surface area contributed by atoms with Gasteiger partial charge < -0.3 is 11.1 Å². The van der Waals surface area contributed by atoms with E-state index in [4.69, 9.17) is 17.3 Å². The van der Waals surface area contributed by atoms with Gasteiger partial charge in [0.1, 0.15) is 11.3 Å². The summed E-state index contributed by atoms with van der Waals surface area (Å²) in [6.45, 7) is 0. The largest absolute Gasteiger partial charge is 0.459 e. The standard InChI is InChI=1S/C22H17ClF8N4O/c1-35-17(16(21(26,27)28)18(34-35)20(24,25)22(29,30)31)19(36)33-12-7-8-14(23)13(10-12)15(32)9-11-5-3-2-4-6-11/h2-8,10,15H,9,32H2,1H3,(H,33,36). The fraction of sp³-hybridized carbons (Fsp3) is 0.273. The number of alkyl halides is 8. The first-order valence-corrected chi connectivity index (χ1v) is 10.4. The van der Waals surface area contributed by atoms with Gasteiger partial charge in [-0.1, -0.05) is 41.9 Å². The van der Waals surface area contributed by atoms with Gasteiger partial charge in [-0.2, -0.15) is 40.2 Å². The third-order valence-electron chi connectivity index (χ3n) is 5.15. The summed E-state index contributed by atoms with van der Waals surface area (Å²) in [5, 5.41) is 4.95. The van der Waals surface area contributed by atoms with Crippen LogP contribution in [0, 0.1) is 0 Å². The SMILES string of the molecule is Cn1nc(C(F)(F)C(F)(F)F)c(C(F)(F)F)c1C(=O)Nc1ccc(Cl)c(C(N)Cc2ccccc2)c1. The molecule has 0 saturated carbocycles. The van der Waals surface area contributed by atoms with Gasteiger partial charge in [0.05, 0.1) is 0 Å². The predicted molar refractivity (Wildman–Crippen MR) is 115 cm³/mol. The Morgan fingerprint density at radius 2 is 1.67 bits per heavy atom. The molecule has 1 unspecified atom stereocenters. The molecule has 0 bridgehead atoms. The lowest BCUT2D eigenvalue weighted by molar-refractivity contribution is -0.292. The highest BCUT2D eigenvalue weighted by Gasteiger charge is 2.64. The van der Waals surface area contributed by atoms with Crippen molar-refractivity contribution in [3.63, 3.8) is 0 Å². The van der Waals surface area contributed by atoms with E-state index >= 15 is 0 Å². The summed E-state index contributed by atoms with van der Waals surface area (Å²) in [7, 11) is 0.642. The van der Waals surface area contributed by atoms with Crippen LogP contribution < -0.4 is 11.1 Å². The molecular weight excluding hydrogens is 524 g/mol. The normalized spacial score (nSPS) is 13.5. The molecule has 36 heavy (non-hydrogen) atoms. The highest BCUT2D eigenvalue weighted by Crippen LogP contribution is 2.48. The molecule has 0 saturated heterocycles. The van der Waals surface area contributed by atoms with Crippen LogP contribution in [0.25, 0.3) is 0 Å². The number of aryl methyl sites for hydroxylation is 1. The van der Waals surface area contributed by atoms with Gasteiger partial charge in [0.25, 0.3) is 5.91 Å². The lowest BCUT2D eigenvalue weighted by Gasteiger charge is -2.20. The minimum absolute atomic E-state index is 0.0190. The molecule has 0 fully saturated rings. The number of carbonyl (C=O) groups is 1. The number of anilines is 1. The van der Waals surface area contributed by atoms with Crippen LogP contribution in [0.15, 0.2) is 48.5 Å². The number of amides is 1. The molecule has 0 spiro atoms. The van der Waals surface area contributed by atoms with Crippen molar-refractivity contribution in [3.05, 3.63) is 81.6 Å². The minimum Gasteiger partial charge on any atom is -0.324 e. The monoisotopic (exact) mass is 540 g/mol. The van der Waals surface area contributed by atoms with Crippen molar-refractivity contribution in [1.82, 2.24) is 9.78 Å². The van der Waals surface area contributed by atoms with Gasteiger partial charge >= 0.3 is 18.3 Å². The second-order valence-corrected chi connectivity index (χ2v) is 8.16. The van der Waals surface area contributed by atoms with Gasteiger partial charge in [-0.25, -0.2) is 0 Å². The second kappa shape index (κ2) is 9.69. The summed E-state index contributed by atoms with van der Waals surface area (Å²) in [5.41, 5.74) is 0.553. The molecule has 3 rings (SSSR count). The molecule has 14 heteroatoms. The fourth-order valence-corrected chi connectivity index (χ4v) is 3.74. The summed E-state index contributed by atoms with van der Waals surface area (Å²) in [4.78, 5) is 12.7. The van der Waals surface area contributed by atoms with Gasteiger partial charge in [0.15, 0.2) is 5.69 Å². The number of nitrogens with two attached hydrogens (primary N) is 1. The molecule has 1 heterocycles. The van der Waals surface area contributed by atoms with Gasteiger partial charge in [-0.05, 0) is 35.7 Å². The molecule has 0 aliphatic rings. The number of aromatic nitrogens is 2. The van der Waals surface area contributed by atoms with Crippen molar-refractivity contribution in [3.8, 4) is 0 Å². The van der Waals surface area contributed by atoms with Crippen LogP contribution in [0.1, 0.15) is 38.9 Å². The number of rotatable bonds is 6. The van der Waals surface area contributed by atoms with E-state index in [1.54, 1.807) is 30.3 Å². The maximum atomic E-state index is 13.8. The molecule has 0 aliphatic carbocycles. The Kier molecular flexibility index (Phi) is 7.38. The number of halogens is 9. The molecule has 1 atom stereocenters. The smallest absolute Gasteiger partial charge is 0.324 e. The average molecular weight is 541 g/mol. The van der Waals surface area contributed by atoms with Crippen LogP contribution in [-0.2, 0) is 25.6 Å². The van der Waals surface area contributed by atoms with Crippen LogP contribution in [0.2, 0.25) is 5.02 Å². The number of benzene rings is 2. The quantitative estimate of drug-likeness (QED) is 0.364. The zero-order chi connectivity index (χ0) is 27.1. The Labute approximate surface area is 203 Å². The second-order valence-electron chi connectivity index (χ2n) is 7.75. The summed E-state index contributed by atoms with van der Waals surface area (Å²) < 4.78 is 107. The van der Waals surface area contributed by atoms with Gasteiger partial charge in [0, 0.05) is 23.8 Å². The third-order valence-corrected chi connectivity index (χ3v) is 5.50. The van der Waals surface area contributed by atoms with Crippen LogP contribution in [0.4, 0.5) is 40.8 Å². The van der Waals surface area contributed by atoms with E-state index < -0.39 is 47.2 Å². The van der Waals surface area contributed by atoms with Gasteiger partial charge in [0.2, 0.25) is 0 Å². The summed E-state index contributed by atoms with van der Waals surface area (Å²) in [5.74, 6) is -7.59. The van der Waals surface area contributed by atoms with E-state index in [2.05, 4.69) is 10.4 Å². The number of carbonyl (C=O) groups excluding carboxylic acids is 1. The Bertz CT molecular complexity index is 1260. The molecule has 194 valence electrons. The molecule has 0 aliphatic heterocycles. The van der Waals surface area contributed by atoms with E-state index in [0.29, 0.717) is 19.0 Å². The van der Waals surface area contributed by atoms with E-state index in [1.807, 2.05) is 0 Å². The zero-order valence-electron chi connectivity index (χ0n) is 18.2. The van der Waals surface area contributed by atoms with Crippen LogP contribution in [0.5, 0.6) is 0 Å². The first-order valence-electron chi connectivity index (χ1n) is 10.0. The van der Waals surface area contributed by atoms with Crippen LogP contribution in [0.3, 0.4) is 0 Å². The summed E-state index contributed by atoms with van der Waals surface area (Å²) in [6.07, 6.45) is -11.8. The van der Waals surface area contributed by atoms with E-state index in [1.165, 1.54) is 18.2 Å². The number of nitrogens with zero attached hydrogens (tertiary/aromatic N) is 2. The maximum absolute atomic E-state index is 13.8. The van der Waals surface area contributed by atoms with Crippen molar-refractivity contribution < 1.29 is 39.9 Å². The average Bonchev–Trinajstić information content (AvgIpc) is 3.13. The Hall–Kier alpha value is -3.19. The molecular formula is C22H17ClF8N4O. The van der Waals surface area contributed by atoms with E-state index in [-0.39, 0.29) is 15.4 Å². The molecule has 5 nitrogen and oxygen atoms in total. The van der Waals surface area contributed by atoms with Crippen LogP contribution >= 0.6 is 11.6 Å². The summed E-state index contributed by atoms with van der Waals surface area (Å²) >= 11 is 6.17. The topological polar surface area (TPSA) is 72.9 Å². The molecule has 3 N–H and O–H groups in total. The Morgan fingerprint density at radius 1 is 1.06 bits per heavy atom. The summed E-state index contributed by atoms with van der Waals surface area (Å²) in [6, 6.07) is 12.0.